The molecule has 3 rings (SSSR count). The standard InChI is InChI=1S/C22H24N4O3/c1-13-6-7-14(2)17(10-13)25-22-23-15(3)11-19(26-22)21(27)24-18-12-16(28-4)8-9-20(18)29-5/h6-12H,1-5H3,(H,24,27)(H,23,25,26). The fraction of sp³-hybridized carbons (Fsp3) is 0.227. The zero-order chi connectivity index (χ0) is 21.0. The molecule has 1 aromatic heterocycles. The molecule has 2 aromatic carbocycles. The number of hydrogen-bond donors (Lipinski definition) is 2. The molecule has 29 heavy (non-hydrogen) atoms. The maximum Gasteiger partial charge on any atom is 0.274 e. The van der Waals surface area contributed by atoms with Crippen molar-refractivity contribution in [3.05, 3.63) is 65.0 Å². The number of carbonyl (C=O) groups excluding carboxylic acids is 1. The lowest BCUT2D eigenvalue weighted by molar-refractivity contribution is 0.102. The Labute approximate surface area is 170 Å². The minimum Gasteiger partial charge on any atom is -0.497 e. The molecule has 0 unspecified atom stereocenters. The van der Waals surface area contributed by atoms with E-state index in [1.165, 1.54) is 0 Å². The van der Waals surface area contributed by atoms with Crippen molar-refractivity contribution in [1.29, 1.82) is 0 Å². The second-order valence-electron chi connectivity index (χ2n) is 6.68. The summed E-state index contributed by atoms with van der Waals surface area (Å²) in [7, 11) is 3.10. The van der Waals surface area contributed by atoms with Crippen LogP contribution in [0.3, 0.4) is 0 Å². The van der Waals surface area contributed by atoms with E-state index < -0.39 is 0 Å². The number of aryl methyl sites for hydroxylation is 3. The minimum absolute atomic E-state index is 0.246. The van der Waals surface area contributed by atoms with Crippen molar-refractivity contribution >= 4 is 23.2 Å². The van der Waals surface area contributed by atoms with Crippen LogP contribution in [0.5, 0.6) is 11.5 Å². The Morgan fingerprint density at radius 1 is 0.897 bits per heavy atom. The van der Waals surface area contributed by atoms with Gasteiger partial charge in [-0.1, -0.05) is 12.1 Å². The van der Waals surface area contributed by atoms with Gasteiger partial charge in [-0.15, -0.1) is 0 Å². The number of amides is 1. The number of carbonyl (C=O) groups is 1. The van der Waals surface area contributed by atoms with E-state index >= 15 is 0 Å². The summed E-state index contributed by atoms with van der Waals surface area (Å²) in [6.45, 7) is 5.83. The molecular formula is C22H24N4O3. The molecule has 1 amide bonds. The van der Waals surface area contributed by atoms with Gasteiger partial charge in [0.1, 0.15) is 17.2 Å². The first-order chi connectivity index (χ1) is 13.9. The number of anilines is 3. The summed E-state index contributed by atoms with van der Waals surface area (Å²) in [6.07, 6.45) is 0. The molecule has 0 spiro atoms. The van der Waals surface area contributed by atoms with Gasteiger partial charge in [-0.3, -0.25) is 4.79 Å². The van der Waals surface area contributed by atoms with Crippen molar-refractivity contribution < 1.29 is 14.3 Å². The molecule has 0 aliphatic heterocycles. The molecule has 0 fully saturated rings. The molecule has 0 aliphatic rings. The van der Waals surface area contributed by atoms with Crippen LogP contribution < -0.4 is 20.1 Å². The lowest BCUT2D eigenvalue weighted by atomic mass is 10.1. The number of rotatable bonds is 6. The van der Waals surface area contributed by atoms with Crippen molar-refractivity contribution in [3.8, 4) is 11.5 Å². The molecule has 2 N–H and O–H groups in total. The van der Waals surface area contributed by atoms with Crippen LogP contribution >= 0.6 is 0 Å². The number of nitrogens with zero attached hydrogens (tertiary/aromatic N) is 2. The van der Waals surface area contributed by atoms with Gasteiger partial charge in [-0.25, -0.2) is 9.97 Å². The van der Waals surface area contributed by atoms with E-state index in [1.54, 1.807) is 38.5 Å². The van der Waals surface area contributed by atoms with E-state index in [9.17, 15) is 4.79 Å². The van der Waals surface area contributed by atoms with Crippen LogP contribution in [0.1, 0.15) is 27.3 Å². The van der Waals surface area contributed by atoms with E-state index in [0.717, 1.165) is 16.8 Å². The summed E-state index contributed by atoms with van der Waals surface area (Å²) >= 11 is 0. The third-order valence-electron chi connectivity index (χ3n) is 4.38. The molecule has 0 atom stereocenters. The molecule has 7 heteroatoms. The average molecular weight is 392 g/mol. The fourth-order valence-electron chi connectivity index (χ4n) is 2.83. The highest BCUT2D eigenvalue weighted by Crippen LogP contribution is 2.29. The van der Waals surface area contributed by atoms with Crippen LogP contribution in [-0.4, -0.2) is 30.1 Å². The number of ether oxygens (including phenoxy) is 2. The fourth-order valence-corrected chi connectivity index (χ4v) is 2.83. The number of benzene rings is 2. The zero-order valence-corrected chi connectivity index (χ0v) is 17.2. The Kier molecular flexibility index (Phi) is 5.97. The maximum atomic E-state index is 12.8. The Balaban J connectivity index is 1.88. The highest BCUT2D eigenvalue weighted by molar-refractivity contribution is 6.04. The van der Waals surface area contributed by atoms with Crippen molar-refractivity contribution in [2.24, 2.45) is 0 Å². The Morgan fingerprint density at radius 3 is 2.41 bits per heavy atom. The predicted molar refractivity (Wildman–Crippen MR) is 113 cm³/mol. The summed E-state index contributed by atoms with van der Waals surface area (Å²) in [4.78, 5) is 21.6. The second kappa shape index (κ2) is 8.60. The zero-order valence-electron chi connectivity index (χ0n) is 17.2. The molecule has 0 saturated carbocycles. The third kappa shape index (κ3) is 4.82. The van der Waals surface area contributed by atoms with Crippen molar-refractivity contribution in [3.63, 3.8) is 0 Å². The smallest absolute Gasteiger partial charge is 0.274 e. The Bertz CT molecular complexity index is 1050. The normalized spacial score (nSPS) is 10.4. The number of hydrogen-bond acceptors (Lipinski definition) is 6. The monoisotopic (exact) mass is 392 g/mol. The summed E-state index contributed by atoms with van der Waals surface area (Å²) in [5.41, 5.74) is 4.50. The minimum atomic E-state index is -0.369. The second-order valence-corrected chi connectivity index (χ2v) is 6.68. The van der Waals surface area contributed by atoms with Gasteiger partial charge in [-0.05, 0) is 56.2 Å². The first kappa shape index (κ1) is 20.1. The van der Waals surface area contributed by atoms with E-state index in [2.05, 4.69) is 20.6 Å². The highest BCUT2D eigenvalue weighted by atomic mass is 16.5. The van der Waals surface area contributed by atoms with E-state index in [0.29, 0.717) is 28.8 Å². The van der Waals surface area contributed by atoms with Crippen molar-refractivity contribution in [1.82, 2.24) is 9.97 Å². The summed E-state index contributed by atoms with van der Waals surface area (Å²) in [5, 5.41) is 6.04. The summed E-state index contributed by atoms with van der Waals surface area (Å²) < 4.78 is 10.5. The van der Waals surface area contributed by atoms with Crippen LogP contribution in [0.25, 0.3) is 0 Å². The molecule has 0 radical (unpaired) electrons. The Hall–Kier alpha value is -3.61. The molecule has 0 aliphatic carbocycles. The van der Waals surface area contributed by atoms with Gasteiger partial charge >= 0.3 is 0 Å². The molecule has 3 aromatic rings. The van der Waals surface area contributed by atoms with Crippen LogP contribution in [-0.2, 0) is 0 Å². The summed E-state index contributed by atoms with van der Waals surface area (Å²) in [6, 6.07) is 12.9. The SMILES string of the molecule is COc1ccc(OC)c(NC(=O)c2cc(C)nc(Nc3cc(C)ccc3C)n2)c1. The predicted octanol–water partition coefficient (Wildman–Crippen LogP) is 4.41. The Morgan fingerprint density at radius 2 is 1.69 bits per heavy atom. The van der Waals surface area contributed by atoms with Gasteiger partial charge in [0, 0.05) is 17.4 Å². The van der Waals surface area contributed by atoms with E-state index in [4.69, 9.17) is 9.47 Å². The number of aromatic nitrogens is 2. The van der Waals surface area contributed by atoms with E-state index in [-0.39, 0.29) is 11.6 Å². The van der Waals surface area contributed by atoms with Crippen LogP contribution in [0, 0.1) is 20.8 Å². The van der Waals surface area contributed by atoms with E-state index in [1.807, 2.05) is 39.0 Å². The molecule has 1 heterocycles. The van der Waals surface area contributed by atoms with Crippen LogP contribution in [0.2, 0.25) is 0 Å². The first-order valence-electron chi connectivity index (χ1n) is 9.13. The molecule has 150 valence electrons. The topological polar surface area (TPSA) is 85.4 Å². The first-order valence-corrected chi connectivity index (χ1v) is 9.13. The summed E-state index contributed by atoms with van der Waals surface area (Å²) in [5.74, 6) is 1.13. The van der Waals surface area contributed by atoms with Gasteiger partial charge in [0.05, 0.1) is 19.9 Å². The quantitative estimate of drug-likeness (QED) is 0.646. The van der Waals surface area contributed by atoms with Gasteiger partial charge in [-0.2, -0.15) is 0 Å². The average Bonchev–Trinajstić information content (AvgIpc) is 2.70. The third-order valence-corrected chi connectivity index (χ3v) is 4.38. The van der Waals surface area contributed by atoms with Gasteiger partial charge in [0.15, 0.2) is 0 Å². The van der Waals surface area contributed by atoms with Crippen LogP contribution in [0.15, 0.2) is 42.5 Å². The van der Waals surface area contributed by atoms with Gasteiger partial charge < -0.3 is 20.1 Å². The molecule has 0 bridgehead atoms. The highest BCUT2D eigenvalue weighted by Gasteiger charge is 2.15. The molecule has 0 saturated heterocycles. The van der Waals surface area contributed by atoms with Crippen molar-refractivity contribution in [2.45, 2.75) is 20.8 Å². The van der Waals surface area contributed by atoms with Gasteiger partial charge in [0.2, 0.25) is 5.95 Å². The van der Waals surface area contributed by atoms with Gasteiger partial charge in [0.25, 0.3) is 5.91 Å². The molecule has 7 nitrogen and oxygen atoms in total. The maximum absolute atomic E-state index is 12.8. The number of nitrogens with one attached hydrogen (secondary N) is 2. The van der Waals surface area contributed by atoms with Crippen LogP contribution in [0.4, 0.5) is 17.3 Å². The number of methoxy groups -OCH3 is 2. The lowest BCUT2D eigenvalue weighted by Gasteiger charge is -2.13. The van der Waals surface area contributed by atoms with Crippen molar-refractivity contribution in [2.75, 3.05) is 24.9 Å². The largest absolute Gasteiger partial charge is 0.497 e. The lowest BCUT2D eigenvalue weighted by Crippen LogP contribution is -2.16. The molecular weight excluding hydrogens is 368 g/mol.